The van der Waals surface area contributed by atoms with Gasteiger partial charge >= 0.3 is 0 Å². The lowest BCUT2D eigenvalue weighted by Crippen LogP contribution is -2.21. The van der Waals surface area contributed by atoms with Crippen molar-refractivity contribution in [3.8, 4) is 22.8 Å². The first-order valence-electron chi connectivity index (χ1n) is 8.98. The number of amides is 1. The lowest BCUT2D eigenvalue weighted by atomic mass is 9.95. The van der Waals surface area contributed by atoms with Crippen LogP contribution < -0.4 is 14.8 Å². The van der Waals surface area contributed by atoms with Crippen LogP contribution in [0.4, 0.5) is 5.69 Å². The predicted octanol–water partition coefficient (Wildman–Crippen LogP) is 4.25. The molecule has 3 aromatic rings. The molecule has 1 atom stereocenters. The number of aryl methyl sites for hydroxylation is 1. The zero-order valence-corrected chi connectivity index (χ0v) is 15.3. The number of aromatic amines is 1. The minimum Gasteiger partial charge on any atom is -0.454 e. The van der Waals surface area contributed by atoms with Gasteiger partial charge in [0.25, 0.3) is 0 Å². The molecule has 0 spiro atoms. The van der Waals surface area contributed by atoms with E-state index in [1.165, 1.54) is 0 Å². The fourth-order valence-corrected chi connectivity index (χ4v) is 3.30. The number of nitrogens with one attached hydrogen (secondary N) is 2. The molecular weight excluding hydrogens is 342 g/mol. The largest absolute Gasteiger partial charge is 0.454 e. The van der Waals surface area contributed by atoms with Gasteiger partial charge in [0.1, 0.15) is 5.69 Å². The third-order valence-corrected chi connectivity index (χ3v) is 4.77. The monoisotopic (exact) mass is 363 g/mol. The van der Waals surface area contributed by atoms with E-state index >= 15 is 0 Å². The van der Waals surface area contributed by atoms with Gasteiger partial charge in [-0.25, -0.2) is 0 Å². The third-order valence-electron chi connectivity index (χ3n) is 4.77. The van der Waals surface area contributed by atoms with Crippen molar-refractivity contribution in [1.82, 2.24) is 10.2 Å². The molecule has 0 bridgehead atoms. The maximum Gasteiger partial charge on any atom is 0.232 e. The van der Waals surface area contributed by atoms with Crippen LogP contribution in [-0.4, -0.2) is 22.9 Å². The average Bonchev–Trinajstić information content (AvgIpc) is 3.30. The molecule has 1 aliphatic rings. The smallest absolute Gasteiger partial charge is 0.232 e. The first-order valence-corrected chi connectivity index (χ1v) is 8.98. The maximum absolute atomic E-state index is 13.0. The van der Waals surface area contributed by atoms with Crippen LogP contribution in [0.1, 0.15) is 30.5 Å². The highest BCUT2D eigenvalue weighted by Gasteiger charge is 2.23. The fourth-order valence-electron chi connectivity index (χ4n) is 3.30. The topological polar surface area (TPSA) is 76.2 Å². The lowest BCUT2D eigenvalue weighted by Gasteiger charge is -2.16. The summed E-state index contributed by atoms with van der Waals surface area (Å²) in [5, 5.41) is 10.4. The van der Waals surface area contributed by atoms with Crippen molar-refractivity contribution in [1.29, 1.82) is 0 Å². The zero-order valence-electron chi connectivity index (χ0n) is 15.3. The second kappa shape index (κ2) is 7.15. The molecule has 0 fully saturated rings. The molecule has 0 saturated carbocycles. The standard InChI is InChI=1S/C21H21N3O3/c1-3-16(14-7-5-4-6-8-14)21(25)22-19-13(2)23-24-20(19)15-9-10-17-18(11-15)27-12-26-17/h4-11,16H,3,12H2,1-2H3,(H,22,25)(H,23,24). The van der Waals surface area contributed by atoms with E-state index in [1.54, 1.807) is 0 Å². The summed E-state index contributed by atoms with van der Waals surface area (Å²) in [7, 11) is 0. The highest BCUT2D eigenvalue weighted by atomic mass is 16.7. The summed E-state index contributed by atoms with van der Waals surface area (Å²) in [6.45, 7) is 4.12. The number of carbonyl (C=O) groups is 1. The highest BCUT2D eigenvalue weighted by molar-refractivity contribution is 5.99. The highest BCUT2D eigenvalue weighted by Crippen LogP contribution is 2.38. The molecule has 0 radical (unpaired) electrons. The van der Waals surface area contributed by atoms with Gasteiger partial charge in [0.05, 0.1) is 17.3 Å². The van der Waals surface area contributed by atoms with Gasteiger partial charge in [0.15, 0.2) is 11.5 Å². The van der Waals surface area contributed by atoms with Gasteiger partial charge in [0, 0.05) is 5.56 Å². The molecule has 1 aromatic heterocycles. The minimum atomic E-state index is -0.217. The van der Waals surface area contributed by atoms with E-state index in [-0.39, 0.29) is 18.6 Å². The number of anilines is 1. The molecule has 4 rings (SSSR count). The summed E-state index contributed by atoms with van der Waals surface area (Å²) >= 11 is 0. The Morgan fingerprint density at radius 1 is 1.19 bits per heavy atom. The Labute approximate surface area is 157 Å². The molecule has 138 valence electrons. The van der Waals surface area contributed by atoms with E-state index in [4.69, 9.17) is 9.47 Å². The molecule has 1 amide bonds. The van der Waals surface area contributed by atoms with Crippen LogP contribution in [0.15, 0.2) is 48.5 Å². The number of nitrogens with zero attached hydrogens (tertiary/aromatic N) is 1. The van der Waals surface area contributed by atoms with E-state index < -0.39 is 0 Å². The second-order valence-corrected chi connectivity index (χ2v) is 6.50. The van der Waals surface area contributed by atoms with Gasteiger partial charge in [-0.3, -0.25) is 9.89 Å². The van der Waals surface area contributed by atoms with E-state index in [0.717, 1.165) is 16.8 Å². The molecule has 1 unspecified atom stereocenters. The SMILES string of the molecule is CCC(C(=O)Nc1c(-c2ccc3c(c2)OCO3)n[nH]c1C)c1ccccc1. The number of ether oxygens (including phenoxy) is 2. The van der Waals surface area contributed by atoms with Gasteiger partial charge in [-0.1, -0.05) is 37.3 Å². The molecule has 1 aliphatic heterocycles. The number of benzene rings is 2. The number of rotatable bonds is 5. The summed E-state index contributed by atoms with van der Waals surface area (Å²) in [6, 6.07) is 15.5. The Morgan fingerprint density at radius 3 is 2.74 bits per heavy atom. The first kappa shape index (κ1) is 17.1. The van der Waals surface area contributed by atoms with Crippen LogP contribution in [-0.2, 0) is 4.79 Å². The van der Waals surface area contributed by atoms with Crippen molar-refractivity contribution in [2.75, 3.05) is 12.1 Å². The molecule has 6 heteroatoms. The van der Waals surface area contributed by atoms with Crippen molar-refractivity contribution in [3.05, 3.63) is 59.8 Å². The number of fused-ring (bicyclic) bond motifs is 1. The van der Waals surface area contributed by atoms with Gasteiger partial charge in [-0.2, -0.15) is 5.10 Å². The number of carbonyl (C=O) groups excluding carboxylic acids is 1. The quantitative estimate of drug-likeness (QED) is 0.711. The summed E-state index contributed by atoms with van der Waals surface area (Å²) in [5.41, 5.74) is 4.03. The molecule has 27 heavy (non-hydrogen) atoms. The molecule has 2 aromatic carbocycles. The maximum atomic E-state index is 13.0. The van der Waals surface area contributed by atoms with E-state index in [2.05, 4.69) is 15.5 Å². The Bertz CT molecular complexity index is 966. The van der Waals surface area contributed by atoms with Crippen molar-refractivity contribution < 1.29 is 14.3 Å². The molecule has 2 N–H and O–H groups in total. The summed E-state index contributed by atoms with van der Waals surface area (Å²) in [4.78, 5) is 13.0. The zero-order chi connectivity index (χ0) is 18.8. The minimum absolute atomic E-state index is 0.0461. The van der Waals surface area contributed by atoms with Crippen molar-refractivity contribution in [2.24, 2.45) is 0 Å². The van der Waals surface area contributed by atoms with Crippen LogP contribution in [0, 0.1) is 6.92 Å². The summed E-state index contributed by atoms with van der Waals surface area (Å²) < 4.78 is 10.8. The molecule has 0 aliphatic carbocycles. The van der Waals surface area contributed by atoms with Crippen LogP contribution in [0.25, 0.3) is 11.3 Å². The Morgan fingerprint density at radius 2 is 1.96 bits per heavy atom. The number of aromatic nitrogens is 2. The summed E-state index contributed by atoms with van der Waals surface area (Å²) in [5.74, 6) is 1.13. The van der Waals surface area contributed by atoms with E-state index in [1.807, 2.05) is 62.4 Å². The van der Waals surface area contributed by atoms with Gasteiger partial charge in [-0.15, -0.1) is 0 Å². The van der Waals surface area contributed by atoms with E-state index in [0.29, 0.717) is 29.3 Å². The van der Waals surface area contributed by atoms with E-state index in [9.17, 15) is 4.79 Å². The van der Waals surface area contributed by atoms with Crippen LogP contribution >= 0.6 is 0 Å². The Hall–Kier alpha value is -3.28. The van der Waals surface area contributed by atoms with Gasteiger partial charge in [-0.05, 0) is 37.1 Å². The average molecular weight is 363 g/mol. The third kappa shape index (κ3) is 3.26. The summed E-state index contributed by atoms with van der Waals surface area (Å²) in [6.07, 6.45) is 0.714. The van der Waals surface area contributed by atoms with Crippen molar-refractivity contribution in [3.63, 3.8) is 0 Å². The van der Waals surface area contributed by atoms with Crippen LogP contribution in [0.3, 0.4) is 0 Å². The molecular formula is C21H21N3O3. The van der Waals surface area contributed by atoms with Gasteiger partial charge in [0.2, 0.25) is 12.7 Å². The number of hydrogen-bond acceptors (Lipinski definition) is 4. The normalized spacial score (nSPS) is 13.4. The second-order valence-electron chi connectivity index (χ2n) is 6.50. The van der Waals surface area contributed by atoms with Gasteiger partial charge < -0.3 is 14.8 Å². The van der Waals surface area contributed by atoms with Crippen molar-refractivity contribution in [2.45, 2.75) is 26.2 Å². The fraction of sp³-hybridized carbons (Fsp3) is 0.238. The Kier molecular flexibility index (Phi) is 4.54. The molecule has 2 heterocycles. The van der Waals surface area contributed by atoms with Crippen LogP contribution in [0.2, 0.25) is 0 Å². The Balaban J connectivity index is 1.63. The predicted molar refractivity (Wildman–Crippen MR) is 103 cm³/mol. The lowest BCUT2D eigenvalue weighted by molar-refractivity contribution is -0.117. The van der Waals surface area contributed by atoms with Crippen LogP contribution in [0.5, 0.6) is 11.5 Å². The molecule has 6 nitrogen and oxygen atoms in total. The number of H-pyrrole nitrogens is 1. The molecule has 0 saturated heterocycles. The number of hydrogen-bond donors (Lipinski definition) is 2. The van der Waals surface area contributed by atoms with Crippen molar-refractivity contribution >= 4 is 11.6 Å². The first-order chi connectivity index (χ1) is 13.2.